The number of hydrogen-bond acceptors (Lipinski definition) is 9. The third kappa shape index (κ3) is 7.53. The van der Waals surface area contributed by atoms with Crippen molar-refractivity contribution in [2.45, 2.75) is 67.5 Å². The zero-order valence-electron chi connectivity index (χ0n) is 28.7. The molecule has 50 heavy (non-hydrogen) atoms. The summed E-state index contributed by atoms with van der Waals surface area (Å²) in [7, 11) is 3.10. The maximum Gasteiger partial charge on any atom is 0.336 e. The van der Waals surface area contributed by atoms with Crippen LogP contribution in [0.4, 0.5) is 0 Å². The van der Waals surface area contributed by atoms with E-state index in [0.717, 1.165) is 32.4 Å². The average Bonchev–Trinajstić information content (AvgIpc) is 3.30. The van der Waals surface area contributed by atoms with E-state index in [1.165, 1.54) is 27.1 Å². The number of halogens is 2. The molecule has 4 aliphatic rings. The second-order valence-corrected chi connectivity index (χ2v) is 15.7. The van der Waals surface area contributed by atoms with Gasteiger partial charge in [-0.1, -0.05) is 47.5 Å². The maximum absolute atomic E-state index is 14.2. The molecule has 2 aromatic carbocycles. The van der Waals surface area contributed by atoms with Gasteiger partial charge in [-0.15, -0.1) is 0 Å². The number of rotatable bonds is 9. The van der Waals surface area contributed by atoms with Crippen molar-refractivity contribution in [1.29, 1.82) is 0 Å². The number of ether oxygens (including phenoxy) is 2. The minimum absolute atomic E-state index is 0.0147. The fourth-order valence-corrected chi connectivity index (χ4v) is 9.86. The quantitative estimate of drug-likeness (QED) is 0.360. The molecule has 268 valence electrons. The summed E-state index contributed by atoms with van der Waals surface area (Å²) in [6.45, 7) is 2.86. The highest BCUT2D eigenvalue weighted by Gasteiger charge is 2.43. The summed E-state index contributed by atoms with van der Waals surface area (Å²) in [5.74, 6) is -2.99. The van der Waals surface area contributed by atoms with Crippen molar-refractivity contribution < 1.29 is 28.1 Å². The van der Waals surface area contributed by atoms with Crippen LogP contribution in [-0.4, -0.2) is 108 Å². The summed E-state index contributed by atoms with van der Waals surface area (Å²) in [4.78, 5) is 49.0. The molecule has 1 N–H and O–H groups in total. The highest BCUT2D eigenvalue weighted by Crippen LogP contribution is 2.45. The molecule has 13 heteroatoms. The first kappa shape index (κ1) is 36.6. The van der Waals surface area contributed by atoms with Crippen LogP contribution in [0.3, 0.4) is 0 Å². The van der Waals surface area contributed by atoms with Gasteiger partial charge in [-0.2, -0.15) is 0 Å². The summed E-state index contributed by atoms with van der Waals surface area (Å²) in [5, 5.41) is 3.62. The number of methoxy groups -OCH3 is 2. The lowest BCUT2D eigenvalue weighted by Crippen LogP contribution is -2.49. The predicted octanol–water partition coefficient (Wildman–Crippen LogP) is 4.89. The molecule has 1 amide bonds. The van der Waals surface area contributed by atoms with Gasteiger partial charge in [0, 0.05) is 76.2 Å². The van der Waals surface area contributed by atoms with Gasteiger partial charge < -0.3 is 24.6 Å². The number of esters is 2. The van der Waals surface area contributed by atoms with Crippen LogP contribution < -0.4 is 5.32 Å². The van der Waals surface area contributed by atoms with E-state index in [0.29, 0.717) is 36.1 Å². The van der Waals surface area contributed by atoms with Crippen LogP contribution in [0.1, 0.15) is 50.0 Å². The number of piperidine rings is 1. The first-order valence-electron chi connectivity index (χ1n) is 17.1. The highest BCUT2D eigenvalue weighted by molar-refractivity contribution is 7.85. The summed E-state index contributed by atoms with van der Waals surface area (Å²) < 4.78 is 24.2. The number of nitrogens with zero attached hydrogens (tertiary/aromatic N) is 3. The summed E-state index contributed by atoms with van der Waals surface area (Å²) >= 11 is 13.5. The minimum atomic E-state index is -1.61. The number of carbonyl (C=O) groups excluding carboxylic acids is 3. The molecule has 3 fully saturated rings. The summed E-state index contributed by atoms with van der Waals surface area (Å²) in [6.07, 6.45) is 5.50. The summed E-state index contributed by atoms with van der Waals surface area (Å²) in [5.41, 5.74) is 0.797. The normalized spacial score (nSPS) is 25.2. The zero-order chi connectivity index (χ0) is 35.5. The van der Waals surface area contributed by atoms with Gasteiger partial charge in [-0.05, 0) is 63.4 Å². The van der Waals surface area contributed by atoms with Crippen molar-refractivity contribution in [2.24, 2.45) is 0 Å². The Morgan fingerprint density at radius 1 is 0.820 bits per heavy atom. The lowest BCUT2D eigenvalue weighted by molar-refractivity contribution is -0.137. The second kappa shape index (κ2) is 16.0. The van der Waals surface area contributed by atoms with E-state index in [-0.39, 0.29) is 56.2 Å². The highest BCUT2D eigenvalue weighted by atomic mass is 35.5. The number of amides is 1. The number of carbonyl (C=O) groups is 3. The van der Waals surface area contributed by atoms with E-state index in [9.17, 15) is 18.6 Å². The van der Waals surface area contributed by atoms with E-state index in [1.807, 2.05) is 11.0 Å². The van der Waals surface area contributed by atoms with Crippen molar-refractivity contribution in [3.63, 3.8) is 0 Å². The molecule has 0 aromatic heterocycles. The molecular formula is C37H44Cl2N4O6S. The molecule has 0 radical (unpaired) electrons. The summed E-state index contributed by atoms with van der Waals surface area (Å²) in [6, 6.07) is 15.5. The monoisotopic (exact) mass is 742 g/mol. The fourth-order valence-electron chi connectivity index (χ4n) is 8.12. The molecular weight excluding hydrogens is 699 g/mol. The van der Waals surface area contributed by atoms with E-state index in [2.05, 4.69) is 22.2 Å². The van der Waals surface area contributed by atoms with Crippen molar-refractivity contribution in [1.82, 2.24) is 20.0 Å². The lowest BCUT2D eigenvalue weighted by Gasteiger charge is -2.41. The molecule has 0 spiro atoms. The Labute approximate surface area is 306 Å². The smallest absolute Gasteiger partial charge is 0.336 e. The number of fused-ring (bicyclic) bond motifs is 2. The molecule has 4 aliphatic heterocycles. The van der Waals surface area contributed by atoms with Crippen molar-refractivity contribution in [3.05, 3.63) is 86.7 Å². The Morgan fingerprint density at radius 3 is 2.06 bits per heavy atom. The lowest BCUT2D eigenvalue weighted by atomic mass is 9.79. The molecule has 4 heterocycles. The van der Waals surface area contributed by atoms with Gasteiger partial charge in [0.2, 0.25) is 5.91 Å². The van der Waals surface area contributed by atoms with Crippen LogP contribution in [0.2, 0.25) is 10.0 Å². The average molecular weight is 744 g/mol. The SMILES string of the molecule is COC(=O)C1=C(CC(=O)N2CCCN(C3CC4CCC(C3)N4C)CC2)NC(C[S@](=O)c2ccccc2)=C(C(=O)OC)[C@H]1c1c(Cl)cccc1Cl. The Balaban J connectivity index is 1.33. The largest absolute Gasteiger partial charge is 0.466 e. The fraction of sp³-hybridized carbons (Fsp3) is 0.486. The van der Waals surface area contributed by atoms with Crippen molar-refractivity contribution >= 4 is 51.8 Å². The van der Waals surface area contributed by atoms with Gasteiger partial charge in [0.1, 0.15) is 0 Å². The Hall–Kier alpha value is -3.22. The first-order valence-corrected chi connectivity index (χ1v) is 19.2. The van der Waals surface area contributed by atoms with Crippen LogP contribution in [0, 0.1) is 0 Å². The Kier molecular flexibility index (Phi) is 11.7. The molecule has 0 aliphatic carbocycles. The van der Waals surface area contributed by atoms with Gasteiger partial charge in [-0.25, -0.2) is 9.59 Å². The first-order chi connectivity index (χ1) is 24.1. The molecule has 3 saturated heterocycles. The van der Waals surface area contributed by atoms with E-state index in [4.69, 9.17) is 32.7 Å². The second-order valence-electron chi connectivity index (χ2n) is 13.4. The number of hydrogen-bond donors (Lipinski definition) is 1. The topological polar surface area (TPSA) is 108 Å². The van der Waals surface area contributed by atoms with Crippen LogP contribution in [-0.2, 0) is 34.7 Å². The van der Waals surface area contributed by atoms with Gasteiger partial charge in [0.15, 0.2) is 0 Å². The van der Waals surface area contributed by atoms with Crippen LogP contribution in [0.25, 0.3) is 0 Å². The standard InChI is InChI=1S/C37H44Cl2N4O6S/c1-41-23-13-14-24(41)20-25(19-23)42-15-8-16-43(18-17-42)31(44)21-29-33(36(45)48-2)35(32-27(38)11-7-12-28(32)39)34(37(46)49-3)30(40-29)22-50(47)26-9-5-4-6-10-26/h4-7,9-12,23-25,35,40H,8,13-22H2,1-3H3/t23?,24?,25?,35-,50-/m0/s1. The van der Waals surface area contributed by atoms with Crippen molar-refractivity contribution in [2.75, 3.05) is 53.2 Å². The van der Waals surface area contributed by atoms with Gasteiger partial charge in [0.25, 0.3) is 0 Å². The molecule has 2 aromatic rings. The van der Waals surface area contributed by atoms with Crippen LogP contribution in [0.5, 0.6) is 0 Å². The molecule has 2 unspecified atom stereocenters. The predicted molar refractivity (Wildman–Crippen MR) is 193 cm³/mol. The van der Waals surface area contributed by atoms with Gasteiger partial charge in [0.05, 0.1) is 54.3 Å². The molecule has 0 saturated carbocycles. The maximum atomic E-state index is 14.2. The molecule has 10 nitrogen and oxygen atoms in total. The van der Waals surface area contributed by atoms with Crippen LogP contribution >= 0.6 is 23.2 Å². The van der Waals surface area contributed by atoms with E-state index >= 15 is 0 Å². The Bertz CT molecular complexity index is 1680. The van der Waals surface area contributed by atoms with Gasteiger partial charge >= 0.3 is 11.9 Å². The van der Waals surface area contributed by atoms with Crippen molar-refractivity contribution in [3.8, 4) is 0 Å². The number of nitrogens with one attached hydrogen (secondary N) is 1. The number of benzene rings is 2. The molecule has 6 rings (SSSR count). The minimum Gasteiger partial charge on any atom is -0.466 e. The Morgan fingerprint density at radius 2 is 1.44 bits per heavy atom. The molecule has 2 bridgehead atoms. The van der Waals surface area contributed by atoms with E-state index < -0.39 is 28.7 Å². The molecule has 4 atom stereocenters. The zero-order valence-corrected chi connectivity index (χ0v) is 31.0. The van der Waals surface area contributed by atoms with Crippen LogP contribution in [0.15, 0.2) is 76.0 Å². The number of dihydropyridines is 1. The van der Waals surface area contributed by atoms with E-state index in [1.54, 1.807) is 42.5 Å². The van der Waals surface area contributed by atoms with Gasteiger partial charge in [-0.3, -0.25) is 13.9 Å². The third-order valence-corrected chi connectivity index (χ3v) is 12.7. The third-order valence-electron chi connectivity index (χ3n) is 10.7.